The van der Waals surface area contributed by atoms with E-state index in [1.54, 1.807) is 0 Å². The van der Waals surface area contributed by atoms with Gasteiger partial charge in [-0.25, -0.2) is 0 Å². The van der Waals surface area contributed by atoms with Crippen molar-refractivity contribution >= 4 is 5.97 Å². The summed E-state index contributed by atoms with van der Waals surface area (Å²) in [7, 11) is 1.48. The molecule has 0 aliphatic heterocycles. The maximum Gasteiger partial charge on any atom is 0.319 e. The highest BCUT2D eigenvalue weighted by Crippen LogP contribution is 2.33. The maximum absolute atomic E-state index is 11.3. The van der Waals surface area contributed by atoms with Crippen molar-refractivity contribution in [2.24, 2.45) is 0 Å². The largest absolute Gasteiger partial charge is 0.468 e. The van der Waals surface area contributed by atoms with Gasteiger partial charge in [0.05, 0.1) is 13.7 Å². The van der Waals surface area contributed by atoms with E-state index in [2.05, 4.69) is 4.90 Å². The third kappa shape index (κ3) is 2.94. The highest BCUT2D eigenvalue weighted by molar-refractivity contribution is 5.71. The SMILES string of the molecule is COC(=O)CN(C1CCCCC1)C1CC1. The quantitative estimate of drug-likeness (QED) is 0.666. The standard InChI is InChI=1S/C12H21NO2/c1-15-12(14)9-13(11-7-8-11)10-5-3-2-4-6-10/h10-11H,2-9H2,1H3. The van der Waals surface area contributed by atoms with E-state index in [1.165, 1.54) is 52.1 Å². The highest BCUT2D eigenvalue weighted by Gasteiger charge is 2.35. The number of carbonyl (C=O) groups is 1. The van der Waals surface area contributed by atoms with Crippen LogP contribution in [-0.4, -0.2) is 36.6 Å². The Morgan fingerprint density at radius 3 is 2.27 bits per heavy atom. The topological polar surface area (TPSA) is 29.5 Å². The van der Waals surface area contributed by atoms with Crippen LogP contribution in [0.1, 0.15) is 44.9 Å². The molecule has 2 aliphatic carbocycles. The lowest BCUT2D eigenvalue weighted by Gasteiger charge is -2.33. The molecule has 0 atom stereocenters. The second kappa shape index (κ2) is 4.97. The molecular formula is C12H21NO2. The molecule has 0 N–H and O–H groups in total. The normalized spacial score (nSPS) is 23.1. The fourth-order valence-electron chi connectivity index (χ4n) is 2.59. The first-order valence-electron chi connectivity index (χ1n) is 6.14. The maximum atomic E-state index is 11.3. The number of esters is 1. The number of rotatable bonds is 4. The molecule has 2 fully saturated rings. The Balaban J connectivity index is 1.89. The van der Waals surface area contributed by atoms with Crippen LogP contribution in [0.5, 0.6) is 0 Å². The van der Waals surface area contributed by atoms with Gasteiger partial charge in [-0.3, -0.25) is 9.69 Å². The molecule has 2 rings (SSSR count). The molecular weight excluding hydrogens is 190 g/mol. The average Bonchev–Trinajstić information content (AvgIpc) is 3.10. The van der Waals surface area contributed by atoms with Gasteiger partial charge in [0.2, 0.25) is 0 Å². The zero-order valence-corrected chi connectivity index (χ0v) is 9.58. The third-order valence-corrected chi connectivity index (χ3v) is 3.60. The molecule has 2 saturated carbocycles. The summed E-state index contributed by atoms with van der Waals surface area (Å²) in [5.74, 6) is -0.0764. The van der Waals surface area contributed by atoms with Crippen molar-refractivity contribution in [3.63, 3.8) is 0 Å². The van der Waals surface area contributed by atoms with E-state index >= 15 is 0 Å². The lowest BCUT2D eigenvalue weighted by molar-refractivity contribution is -0.143. The number of methoxy groups -OCH3 is 1. The molecule has 0 radical (unpaired) electrons. The Morgan fingerprint density at radius 1 is 1.13 bits per heavy atom. The molecule has 0 unspecified atom stereocenters. The van der Waals surface area contributed by atoms with E-state index in [-0.39, 0.29) is 5.97 Å². The summed E-state index contributed by atoms with van der Waals surface area (Å²) >= 11 is 0. The van der Waals surface area contributed by atoms with Crippen LogP contribution in [0.2, 0.25) is 0 Å². The Morgan fingerprint density at radius 2 is 1.73 bits per heavy atom. The first kappa shape index (κ1) is 10.9. The summed E-state index contributed by atoms with van der Waals surface area (Å²) in [4.78, 5) is 13.7. The predicted molar refractivity (Wildman–Crippen MR) is 58.6 cm³/mol. The van der Waals surface area contributed by atoms with Gasteiger partial charge in [-0.2, -0.15) is 0 Å². The summed E-state index contributed by atoms with van der Waals surface area (Å²) < 4.78 is 4.77. The molecule has 3 heteroatoms. The highest BCUT2D eigenvalue weighted by atomic mass is 16.5. The van der Waals surface area contributed by atoms with E-state index in [0.717, 1.165) is 0 Å². The first-order valence-corrected chi connectivity index (χ1v) is 6.14. The molecule has 0 spiro atoms. The van der Waals surface area contributed by atoms with Crippen LogP contribution in [0.25, 0.3) is 0 Å². The number of nitrogens with zero attached hydrogens (tertiary/aromatic N) is 1. The molecule has 15 heavy (non-hydrogen) atoms. The molecule has 0 aromatic rings. The minimum atomic E-state index is -0.0764. The summed E-state index contributed by atoms with van der Waals surface area (Å²) in [5, 5.41) is 0. The third-order valence-electron chi connectivity index (χ3n) is 3.60. The van der Waals surface area contributed by atoms with Crippen LogP contribution < -0.4 is 0 Å². The minimum Gasteiger partial charge on any atom is -0.468 e. The number of hydrogen-bond donors (Lipinski definition) is 0. The first-order chi connectivity index (χ1) is 7.31. The summed E-state index contributed by atoms with van der Waals surface area (Å²) in [6, 6.07) is 1.32. The van der Waals surface area contributed by atoms with Gasteiger partial charge in [0.25, 0.3) is 0 Å². The Bertz CT molecular complexity index is 220. The van der Waals surface area contributed by atoms with Crippen LogP contribution in [0.4, 0.5) is 0 Å². The van der Waals surface area contributed by atoms with Crippen molar-refractivity contribution in [3.8, 4) is 0 Å². The van der Waals surface area contributed by atoms with Gasteiger partial charge in [-0.05, 0) is 25.7 Å². The van der Waals surface area contributed by atoms with Crippen molar-refractivity contribution in [1.29, 1.82) is 0 Å². The smallest absolute Gasteiger partial charge is 0.319 e. The molecule has 3 nitrogen and oxygen atoms in total. The van der Waals surface area contributed by atoms with Gasteiger partial charge in [0.15, 0.2) is 0 Å². The summed E-state index contributed by atoms with van der Waals surface area (Å²) in [6.45, 7) is 0.506. The predicted octanol–water partition coefficient (Wildman–Crippen LogP) is 1.96. The molecule has 0 saturated heterocycles. The summed E-state index contributed by atoms with van der Waals surface area (Å²) in [5.41, 5.74) is 0. The molecule has 0 aromatic carbocycles. The minimum absolute atomic E-state index is 0.0764. The van der Waals surface area contributed by atoms with Gasteiger partial charge in [0.1, 0.15) is 0 Å². The van der Waals surface area contributed by atoms with Gasteiger partial charge in [-0.15, -0.1) is 0 Å². The molecule has 0 amide bonds. The molecule has 0 bridgehead atoms. The average molecular weight is 211 g/mol. The second-order valence-electron chi connectivity index (χ2n) is 4.77. The fraction of sp³-hybridized carbons (Fsp3) is 0.917. The van der Waals surface area contributed by atoms with Crippen LogP contribution in [0, 0.1) is 0 Å². The number of ether oxygens (including phenoxy) is 1. The number of carbonyl (C=O) groups excluding carboxylic acids is 1. The van der Waals surface area contributed by atoms with Crippen LogP contribution in [0.15, 0.2) is 0 Å². The zero-order valence-electron chi connectivity index (χ0n) is 9.58. The fourth-order valence-corrected chi connectivity index (χ4v) is 2.59. The Labute approximate surface area is 91.8 Å². The lowest BCUT2D eigenvalue weighted by Crippen LogP contribution is -2.42. The van der Waals surface area contributed by atoms with Crippen molar-refractivity contribution in [3.05, 3.63) is 0 Å². The van der Waals surface area contributed by atoms with Crippen molar-refractivity contribution < 1.29 is 9.53 Å². The van der Waals surface area contributed by atoms with E-state index < -0.39 is 0 Å². The van der Waals surface area contributed by atoms with Crippen molar-refractivity contribution in [1.82, 2.24) is 4.90 Å². The summed E-state index contributed by atoms with van der Waals surface area (Å²) in [6.07, 6.45) is 9.11. The second-order valence-corrected chi connectivity index (χ2v) is 4.77. The molecule has 86 valence electrons. The Hall–Kier alpha value is -0.570. The molecule has 0 heterocycles. The van der Waals surface area contributed by atoms with E-state index in [0.29, 0.717) is 18.6 Å². The van der Waals surface area contributed by atoms with Gasteiger partial charge in [-0.1, -0.05) is 19.3 Å². The number of hydrogen-bond acceptors (Lipinski definition) is 3. The van der Waals surface area contributed by atoms with Gasteiger partial charge in [0, 0.05) is 12.1 Å². The van der Waals surface area contributed by atoms with Crippen LogP contribution in [-0.2, 0) is 9.53 Å². The molecule has 2 aliphatic rings. The molecule has 0 aromatic heterocycles. The monoisotopic (exact) mass is 211 g/mol. The van der Waals surface area contributed by atoms with Gasteiger partial charge >= 0.3 is 5.97 Å². The lowest BCUT2D eigenvalue weighted by atomic mass is 9.94. The van der Waals surface area contributed by atoms with Crippen molar-refractivity contribution in [2.45, 2.75) is 57.0 Å². The van der Waals surface area contributed by atoms with Crippen LogP contribution in [0.3, 0.4) is 0 Å². The van der Waals surface area contributed by atoms with Crippen LogP contribution >= 0.6 is 0 Å². The van der Waals surface area contributed by atoms with Crippen molar-refractivity contribution in [2.75, 3.05) is 13.7 Å². The van der Waals surface area contributed by atoms with E-state index in [4.69, 9.17) is 4.74 Å². The Kier molecular flexibility index (Phi) is 3.62. The van der Waals surface area contributed by atoms with E-state index in [1.807, 2.05) is 0 Å². The zero-order chi connectivity index (χ0) is 10.7. The van der Waals surface area contributed by atoms with E-state index in [9.17, 15) is 4.79 Å². The van der Waals surface area contributed by atoms with Gasteiger partial charge < -0.3 is 4.74 Å².